The number of rotatable bonds is 6. The Bertz CT molecular complexity index is 1310. The Morgan fingerprint density at radius 3 is 2.79 bits per heavy atom. The molecule has 3 aromatic rings. The maximum atomic E-state index is 14.2. The van der Waals surface area contributed by atoms with Crippen LogP contribution in [0.25, 0.3) is 22.0 Å². The second kappa shape index (κ2) is 10.0. The zero-order chi connectivity index (χ0) is 24.2. The van der Waals surface area contributed by atoms with E-state index < -0.39 is 17.6 Å². The van der Waals surface area contributed by atoms with Crippen LogP contribution < -0.4 is 16.1 Å². The summed E-state index contributed by atoms with van der Waals surface area (Å²) in [5.41, 5.74) is 3.73. The van der Waals surface area contributed by atoms with Gasteiger partial charge in [-0.05, 0) is 55.0 Å². The van der Waals surface area contributed by atoms with Crippen molar-refractivity contribution in [1.29, 1.82) is 0 Å². The Labute approximate surface area is 200 Å². The van der Waals surface area contributed by atoms with Crippen LogP contribution in [0, 0.1) is 18.2 Å². The number of benzene rings is 2. The molecule has 0 radical (unpaired) electrons. The van der Waals surface area contributed by atoms with Gasteiger partial charge in [-0.2, -0.15) is 0 Å². The summed E-state index contributed by atoms with van der Waals surface area (Å²) in [5.74, 6) is 0.594. The topological polar surface area (TPSA) is 105 Å². The number of hydrogen-bond acceptors (Lipinski definition) is 6. The molecule has 1 aliphatic carbocycles. The number of amides is 2. The number of carbonyl (C=O) groups excluding carboxylic acids is 2. The van der Waals surface area contributed by atoms with Crippen molar-refractivity contribution in [3.8, 4) is 23.5 Å². The molecule has 0 spiro atoms. The second-order valence-electron chi connectivity index (χ2n) is 7.82. The molecule has 0 saturated heterocycles. The maximum Gasteiger partial charge on any atom is 0.295 e. The van der Waals surface area contributed by atoms with Crippen molar-refractivity contribution in [3.63, 3.8) is 0 Å². The van der Waals surface area contributed by atoms with Crippen molar-refractivity contribution in [2.45, 2.75) is 31.3 Å². The van der Waals surface area contributed by atoms with Crippen LogP contribution in [-0.4, -0.2) is 41.0 Å². The lowest BCUT2D eigenvalue weighted by molar-refractivity contribution is -0.116. The van der Waals surface area contributed by atoms with Crippen LogP contribution in [0.15, 0.2) is 36.5 Å². The van der Waals surface area contributed by atoms with Gasteiger partial charge in [-0.3, -0.25) is 14.4 Å². The Kier molecular flexibility index (Phi) is 6.91. The highest BCUT2D eigenvalue weighted by molar-refractivity contribution is 6.33. The molecule has 174 valence electrons. The summed E-state index contributed by atoms with van der Waals surface area (Å²) >= 11 is 6.26. The van der Waals surface area contributed by atoms with E-state index in [0.29, 0.717) is 22.6 Å². The average molecular weight is 482 g/mol. The molecule has 8 nitrogen and oxygen atoms in total. The van der Waals surface area contributed by atoms with Crippen molar-refractivity contribution in [2.75, 3.05) is 12.4 Å². The van der Waals surface area contributed by atoms with E-state index in [1.165, 1.54) is 13.2 Å². The number of aromatic nitrogens is 2. The minimum atomic E-state index is -0.758. The number of carbonyl (C=O) groups is 2. The number of halogens is 2. The van der Waals surface area contributed by atoms with Crippen LogP contribution in [0.1, 0.15) is 29.6 Å². The van der Waals surface area contributed by atoms with Gasteiger partial charge in [0.25, 0.3) is 11.8 Å². The van der Waals surface area contributed by atoms with E-state index in [-0.39, 0.29) is 22.7 Å². The quantitative estimate of drug-likeness (QED) is 0.368. The van der Waals surface area contributed by atoms with E-state index in [0.717, 1.165) is 30.7 Å². The van der Waals surface area contributed by atoms with E-state index in [1.54, 1.807) is 18.3 Å². The summed E-state index contributed by atoms with van der Waals surface area (Å²) < 4.78 is 14.2. The lowest BCUT2D eigenvalue weighted by atomic mass is 10.0. The van der Waals surface area contributed by atoms with Crippen molar-refractivity contribution in [2.24, 2.45) is 0 Å². The van der Waals surface area contributed by atoms with Gasteiger partial charge in [0.05, 0.1) is 23.2 Å². The zero-order valence-corrected chi connectivity index (χ0v) is 18.9. The summed E-state index contributed by atoms with van der Waals surface area (Å²) in [6.07, 6.45) is 9.45. The average Bonchev–Trinajstić information content (AvgIpc) is 3.25. The second-order valence-corrected chi connectivity index (χ2v) is 8.23. The van der Waals surface area contributed by atoms with Crippen molar-refractivity contribution in [3.05, 3.63) is 52.9 Å². The van der Waals surface area contributed by atoms with Crippen molar-refractivity contribution < 1.29 is 18.8 Å². The maximum absolute atomic E-state index is 14.2. The van der Waals surface area contributed by atoms with Gasteiger partial charge in [0.2, 0.25) is 5.95 Å². The standard InChI is InChI=1S/C24H21ClFN5O3/c1-3-22(32)28-20-5-4-6-21(20)30-24-27-12-14-9-13(7-8-19(14)29-24)15-10-16(23(33)31-34-2)18(26)11-17(15)25/h1,7-12,20-21H,4-6H2,2H3,(H,28,32)(H,31,33)(H,27,29,30). The lowest BCUT2D eigenvalue weighted by Crippen LogP contribution is -2.43. The Balaban J connectivity index is 1.59. The molecule has 2 unspecified atom stereocenters. The summed E-state index contributed by atoms with van der Waals surface area (Å²) in [5, 5.41) is 6.99. The van der Waals surface area contributed by atoms with E-state index in [9.17, 15) is 14.0 Å². The number of hydroxylamine groups is 1. The minimum Gasteiger partial charge on any atom is -0.349 e. The normalized spacial score (nSPS) is 17.2. The fourth-order valence-corrected chi connectivity index (χ4v) is 4.30. The van der Waals surface area contributed by atoms with Crippen molar-refractivity contribution in [1.82, 2.24) is 20.8 Å². The Hall–Kier alpha value is -3.74. The van der Waals surface area contributed by atoms with Gasteiger partial charge in [0.15, 0.2) is 0 Å². The number of hydrogen-bond donors (Lipinski definition) is 3. The molecule has 1 heterocycles. The third kappa shape index (κ3) is 4.93. The third-order valence-corrected chi connectivity index (χ3v) is 5.98. The number of nitrogens with zero attached hydrogens (tertiary/aromatic N) is 2. The van der Waals surface area contributed by atoms with Gasteiger partial charge in [-0.15, -0.1) is 6.42 Å². The Morgan fingerprint density at radius 2 is 2.03 bits per heavy atom. The monoisotopic (exact) mass is 481 g/mol. The summed E-state index contributed by atoms with van der Waals surface area (Å²) in [4.78, 5) is 37.2. The van der Waals surface area contributed by atoms with Crippen LogP contribution in [-0.2, 0) is 9.63 Å². The molecule has 2 aromatic carbocycles. The predicted octanol–water partition coefficient (Wildman–Crippen LogP) is 3.46. The summed E-state index contributed by atoms with van der Waals surface area (Å²) in [6.45, 7) is 0. The fourth-order valence-electron chi connectivity index (χ4n) is 4.04. The third-order valence-electron chi connectivity index (χ3n) is 5.66. The molecule has 1 aromatic heterocycles. The van der Waals surface area contributed by atoms with Crippen LogP contribution in [0.5, 0.6) is 0 Å². The first kappa shape index (κ1) is 23.4. The molecule has 0 bridgehead atoms. The lowest BCUT2D eigenvalue weighted by Gasteiger charge is -2.21. The first-order valence-electron chi connectivity index (χ1n) is 10.5. The van der Waals surface area contributed by atoms with Crippen LogP contribution in [0.3, 0.4) is 0 Å². The highest BCUT2D eigenvalue weighted by Crippen LogP contribution is 2.32. The molecule has 4 rings (SSSR count). The molecular formula is C24H21ClFN5O3. The first-order chi connectivity index (χ1) is 16.4. The van der Waals surface area contributed by atoms with Crippen molar-refractivity contribution >= 4 is 40.3 Å². The largest absolute Gasteiger partial charge is 0.349 e. The van der Waals surface area contributed by atoms with E-state index in [4.69, 9.17) is 18.0 Å². The highest BCUT2D eigenvalue weighted by atomic mass is 35.5. The highest BCUT2D eigenvalue weighted by Gasteiger charge is 2.28. The number of terminal acetylenes is 1. The zero-order valence-electron chi connectivity index (χ0n) is 18.2. The predicted molar refractivity (Wildman–Crippen MR) is 126 cm³/mol. The first-order valence-corrected chi connectivity index (χ1v) is 10.9. The minimum absolute atomic E-state index is 0.0243. The molecule has 1 fully saturated rings. The van der Waals surface area contributed by atoms with Gasteiger partial charge in [-0.1, -0.05) is 17.7 Å². The summed E-state index contributed by atoms with van der Waals surface area (Å²) in [7, 11) is 1.26. The van der Waals surface area contributed by atoms with Gasteiger partial charge in [-0.25, -0.2) is 19.8 Å². The smallest absolute Gasteiger partial charge is 0.295 e. The molecule has 1 saturated carbocycles. The van der Waals surface area contributed by atoms with Crippen LogP contribution in [0.4, 0.5) is 10.3 Å². The summed E-state index contributed by atoms with van der Waals surface area (Å²) in [6, 6.07) is 7.72. The SMILES string of the molecule is C#CC(=O)NC1CCCC1Nc1ncc2cc(-c3cc(C(=O)NOC)c(F)cc3Cl)ccc2n1. The number of fused-ring (bicyclic) bond motifs is 1. The van der Waals surface area contributed by atoms with Gasteiger partial charge < -0.3 is 10.6 Å². The number of anilines is 1. The van der Waals surface area contributed by atoms with E-state index >= 15 is 0 Å². The molecule has 34 heavy (non-hydrogen) atoms. The molecular weight excluding hydrogens is 461 g/mol. The molecule has 2 amide bonds. The fraction of sp³-hybridized carbons (Fsp3) is 0.250. The molecule has 10 heteroatoms. The van der Waals surface area contributed by atoms with E-state index in [1.807, 2.05) is 6.07 Å². The van der Waals surface area contributed by atoms with Crippen LogP contribution in [0.2, 0.25) is 5.02 Å². The van der Waals surface area contributed by atoms with E-state index in [2.05, 4.69) is 36.8 Å². The molecule has 3 N–H and O–H groups in total. The van der Waals surface area contributed by atoms with Gasteiger partial charge >= 0.3 is 0 Å². The molecule has 1 aliphatic rings. The van der Waals surface area contributed by atoms with Crippen LogP contribution >= 0.6 is 11.6 Å². The number of nitrogens with one attached hydrogen (secondary N) is 3. The van der Waals surface area contributed by atoms with Gasteiger partial charge in [0.1, 0.15) is 5.82 Å². The molecule has 2 atom stereocenters. The Morgan fingerprint density at radius 1 is 1.24 bits per heavy atom. The van der Waals surface area contributed by atoms with Gasteiger partial charge in [0, 0.05) is 29.2 Å². The molecule has 0 aliphatic heterocycles.